The molecule has 7 nitrogen and oxygen atoms in total. The Bertz CT molecular complexity index is 1080. The van der Waals surface area contributed by atoms with Crippen LogP contribution >= 0.6 is 11.3 Å². The lowest BCUT2D eigenvalue weighted by Crippen LogP contribution is -2.17. The highest BCUT2D eigenvalue weighted by Crippen LogP contribution is 2.40. The topological polar surface area (TPSA) is 99.9 Å². The van der Waals surface area contributed by atoms with E-state index in [-0.39, 0.29) is 0 Å². The second-order valence-electron chi connectivity index (χ2n) is 6.79. The lowest BCUT2D eigenvalue weighted by molar-refractivity contribution is 0.100. The lowest BCUT2D eigenvalue weighted by atomic mass is 10.1. The van der Waals surface area contributed by atoms with Crippen LogP contribution in [0, 0.1) is 13.8 Å². The normalized spacial score (nSPS) is 10.5. The van der Waals surface area contributed by atoms with Crippen LogP contribution in [-0.4, -0.2) is 26.0 Å². The second-order valence-corrected chi connectivity index (χ2v) is 8.01. The van der Waals surface area contributed by atoms with Gasteiger partial charge in [-0.25, -0.2) is 0 Å². The Balaban J connectivity index is 1.89. The summed E-state index contributed by atoms with van der Waals surface area (Å²) in [6, 6.07) is 12.8. The lowest BCUT2D eigenvalue weighted by Gasteiger charge is -2.16. The molecule has 0 unspecified atom stereocenters. The maximum absolute atomic E-state index is 12.9. The first-order valence-electron chi connectivity index (χ1n) is 9.49. The average molecular weight is 441 g/mol. The molecule has 3 aromatic rings. The third-order valence-electron chi connectivity index (χ3n) is 4.81. The maximum Gasteiger partial charge on any atom is 0.256 e. The number of carbonyl (C=O) groups is 2. The third-order valence-corrected chi connectivity index (χ3v) is 5.93. The Morgan fingerprint density at radius 3 is 2.19 bits per heavy atom. The molecule has 3 N–H and O–H groups in total. The third kappa shape index (κ3) is 4.80. The molecule has 0 fully saturated rings. The summed E-state index contributed by atoms with van der Waals surface area (Å²) in [6.45, 7) is 3.98. The zero-order valence-electron chi connectivity index (χ0n) is 17.8. The molecule has 1 heterocycles. The van der Waals surface area contributed by atoms with Gasteiger partial charge in [-0.15, -0.1) is 11.3 Å². The van der Waals surface area contributed by atoms with E-state index < -0.39 is 11.8 Å². The van der Waals surface area contributed by atoms with E-state index in [1.807, 2.05) is 37.3 Å². The van der Waals surface area contributed by atoms with Crippen LogP contribution in [0.25, 0.3) is 0 Å². The summed E-state index contributed by atoms with van der Waals surface area (Å²) in [4.78, 5) is 25.7. The molecule has 1 aromatic heterocycles. The molecule has 0 atom stereocenters. The molecule has 0 saturated carbocycles. The molecule has 0 saturated heterocycles. The number of nitrogens with one attached hydrogen (secondary N) is 1. The van der Waals surface area contributed by atoms with E-state index >= 15 is 0 Å². The molecule has 8 heteroatoms. The number of anilines is 1. The van der Waals surface area contributed by atoms with Gasteiger partial charge in [0, 0.05) is 10.4 Å². The number of carbonyl (C=O) groups excluding carboxylic acids is 2. The van der Waals surface area contributed by atoms with Crippen molar-refractivity contribution < 1.29 is 23.8 Å². The van der Waals surface area contributed by atoms with E-state index in [9.17, 15) is 9.59 Å². The summed E-state index contributed by atoms with van der Waals surface area (Å²) in [5.41, 5.74) is 7.84. The number of primary amides is 1. The van der Waals surface area contributed by atoms with Crippen molar-refractivity contribution in [2.75, 3.05) is 19.5 Å². The fraction of sp³-hybridized carbons (Fsp3) is 0.217. The molecule has 0 aliphatic carbocycles. The Labute approximate surface area is 184 Å². The summed E-state index contributed by atoms with van der Waals surface area (Å²) in [6.07, 6.45) is 0. The Hall–Kier alpha value is -3.52. The van der Waals surface area contributed by atoms with Gasteiger partial charge < -0.3 is 25.3 Å². The van der Waals surface area contributed by atoms with Crippen molar-refractivity contribution in [1.82, 2.24) is 0 Å². The highest BCUT2D eigenvalue weighted by atomic mass is 32.1. The molecular formula is C23H24N2O5S. The predicted molar refractivity (Wildman–Crippen MR) is 121 cm³/mol. The van der Waals surface area contributed by atoms with Crippen LogP contribution in [0.3, 0.4) is 0 Å². The van der Waals surface area contributed by atoms with E-state index in [1.165, 1.54) is 25.6 Å². The van der Waals surface area contributed by atoms with Gasteiger partial charge in [0.25, 0.3) is 11.8 Å². The van der Waals surface area contributed by atoms with E-state index in [2.05, 4.69) is 5.32 Å². The number of hydrogen-bond acceptors (Lipinski definition) is 6. The molecular weight excluding hydrogens is 416 g/mol. The van der Waals surface area contributed by atoms with Crippen molar-refractivity contribution in [1.29, 1.82) is 0 Å². The number of rotatable bonds is 8. The predicted octanol–water partition coefficient (Wildman–Crippen LogP) is 4.31. The molecule has 0 spiro atoms. The van der Waals surface area contributed by atoms with Crippen LogP contribution in [-0.2, 0) is 6.61 Å². The molecule has 0 aliphatic heterocycles. The Morgan fingerprint density at radius 2 is 1.65 bits per heavy atom. The van der Waals surface area contributed by atoms with Crippen molar-refractivity contribution in [3.8, 4) is 17.2 Å². The first-order valence-corrected chi connectivity index (χ1v) is 10.3. The number of methoxy groups -OCH3 is 2. The Morgan fingerprint density at radius 1 is 1.03 bits per heavy atom. The largest absolute Gasteiger partial charge is 0.493 e. The van der Waals surface area contributed by atoms with Gasteiger partial charge >= 0.3 is 0 Å². The molecule has 0 radical (unpaired) electrons. The zero-order valence-corrected chi connectivity index (χ0v) is 18.6. The smallest absolute Gasteiger partial charge is 0.256 e. The van der Waals surface area contributed by atoms with Crippen LogP contribution in [0.15, 0.2) is 42.5 Å². The van der Waals surface area contributed by atoms with Gasteiger partial charge in [-0.2, -0.15) is 0 Å². The number of benzene rings is 2. The maximum atomic E-state index is 12.9. The number of amides is 2. The minimum Gasteiger partial charge on any atom is -0.493 e. The van der Waals surface area contributed by atoms with Crippen molar-refractivity contribution >= 4 is 28.2 Å². The molecule has 162 valence electrons. The molecule has 2 amide bonds. The van der Waals surface area contributed by atoms with E-state index in [0.29, 0.717) is 40.0 Å². The van der Waals surface area contributed by atoms with E-state index in [0.717, 1.165) is 16.0 Å². The first kappa shape index (κ1) is 22.2. The van der Waals surface area contributed by atoms with E-state index in [1.54, 1.807) is 19.1 Å². The average Bonchev–Trinajstić information content (AvgIpc) is 3.05. The van der Waals surface area contributed by atoms with Gasteiger partial charge in [-0.1, -0.05) is 30.3 Å². The van der Waals surface area contributed by atoms with Gasteiger partial charge in [0.05, 0.1) is 19.8 Å². The van der Waals surface area contributed by atoms with Gasteiger partial charge in [0.2, 0.25) is 5.75 Å². The van der Waals surface area contributed by atoms with Gasteiger partial charge in [0.1, 0.15) is 11.6 Å². The van der Waals surface area contributed by atoms with E-state index in [4.69, 9.17) is 19.9 Å². The fourth-order valence-corrected chi connectivity index (χ4v) is 4.13. The standard InChI is InChI=1S/C23H24N2O5S/c1-13-14(2)31-23(19(13)21(24)26)25-22(27)16-10-17(28-3)20(18(11-16)29-4)30-12-15-8-6-5-7-9-15/h5-11H,12H2,1-4H3,(H2,24,26)(H,25,27). The second kappa shape index (κ2) is 9.53. The van der Waals surface area contributed by atoms with Crippen molar-refractivity contribution in [3.05, 3.63) is 69.6 Å². The summed E-state index contributed by atoms with van der Waals surface area (Å²) in [5, 5.41) is 3.19. The van der Waals surface area contributed by atoms with Crippen LogP contribution in [0.4, 0.5) is 5.00 Å². The molecule has 0 bridgehead atoms. The number of nitrogens with two attached hydrogens (primary N) is 1. The summed E-state index contributed by atoms with van der Waals surface area (Å²) < 4.78 is 16.8. The highest BCUT2D eigenvalue weighted by Gasteiger charge is 2.22. The van der Waals surface area contributed by atoms with Crippen LogP contribution in [0.5, 0.6) is 17.2 Å². The minimum absolute atomic E-state index is 0.292. The summed E-state index contributed by atoms with van der Waals surface area (Å²) in [7, 11) is 2.98. The first-order chi connectivity index (χ1) is 14.8. The quantitative estimate of drug-likeness (QED) is 0.544. The minimum atomic E-state index is -0.586. The molecule has 3 rings (SSSR count). The number of ether oxygens (including phenoxy) is 3. The van der Waals surface area contributed by atoms with Gasteiger partial charge in [0.15, 0.2) is 11.5 Å². The van der Waals surface area contributed by atoms with Gasteiger partial charge in [-0.3, -0.25) is 9.59 Å². The summed E-state index contributed by atoms with van der Waals surface area (Å²) in [5.74, 6) is 0.0983. The zero-order chi connectivity index (χ0) is 22.5. The van der Waals surface area contributed by atoms with Crippen molar-refractivity contribution in [2.24, 2.45) is 5.73 Å². The molecule has 31 heavy (non-hydrogen) atoms. The van der Waals surface area contributed by atoms with Gasteiger partial charge in [-0.05, 0) is 37.1 Å². The van der Waals surface area contributed by atoms with Crippen LogP contribution in [0.2, 0.25) is 0 Å². The molecule has 2 aromatic carbocycles. The van der Waals surface area contributed by atoms with Crippen LogP contribution < -0.4 is 25.3 Å². The number of hydrogen-bond donors (Lipinski definition) is 2. The van der Waals surface area contributed by atoms with Crippen LogP contribution in [0.1, 0.15) is 36.7 Å². The SMILES string of the molecule is COc1cc(C(=O)Nc2sc(C)c(C)c2C(N)=O)cc(OC)c1OCc1ccccc1. The fourth-order valence-electron chi connectivity index (χ4n) is 3.07. The monoisotopic (exact) mass is 440 g/mol. The Kier molecular flexibility index (Phi) is 6.81. The van der Waals surface area contributed by atoms with Crippen molar-refractivity contribution in [3.63, 3.8) is 0 Å². The number of aryl methyl sites for hydroxylation is 1. The summed E-state index contributed by atoms with van der Waals surface area (Å²) >= 11 is 1.30. The van der Waals surface area contributed by atoms with Crippen molar-refractivity contribution in [2.45, 2.75) is 20.5 Å². The highest BCUT2D eigenvalue weighted by molar-refractivity contribution is 7.16. The molecule has 0 aliphatic rings. The number of thiophene rings is 1.